The van der Waals surface area contributed by atoms with Crippen LogP contribution in [0.3, 0.4) is 0 Å². The lowest BCUT2D eigenvalue weighted by Crippen LogP contribution is -2.23. The van der Waals surface area contributed by atoms with Crippen LogP contribution in [0.1, 0.15) is 48.9 Å². The topological polar surface area (TPSA) is 92.4 Å². The molecule has 0 heterocycles. The highest BCUT2D eigenvalue weighted by atomic mass is 16.4. The molecule has 20 heavy (non-hydrogen) atoms. The van der Waals surface area contributed by atoms with Gasteiger partial charge in [-0.1, -0.05) is 25.7 Å². The van der Waals surface area contributed by atoms with Crippen LogP contribution in [0.15, 0.2) is 18.2 Å². The predicted molar refractivity (Wildman–Crippen MR) is 77.6 cm³/mol. The van der Waals surface area contributed by atoms with Gasteiger partial charge >= 0.3 is 5.97 Å². The summed E-state index contributed by atoms with van der Waals surface area (Å²) in [6, 6.07) is 4.51. The van der Waals surface area contributed by atoms with Crippen LogP contribution in [0.25, 0.3) is 0 Å². The fourth-order valence-electron chi connectivity index (χ4n) is 2.62. The maximum absolute atomic E-state index is 12.2. The zero-order valence-corrected chi connectivity index (χ0v) is 11.4. The molecule has 1 fully saturated rings. The van der Waals surface area contributed by atoms with Crippen LogP contribution < -0.4 is 11.1 Å². The summed E-state index contributed by atoms with van der Waals surface area (Å²) in [7, 11) is 0. The van der Waals surface area contributed by atoms with Crippen LogP contribution in [0.5, 0.6) is 0 Å². The molecule has 1 aromatic carbocycles. The molecule has 0 unspecified atom stereocenters. The van der Waals surface area contributed by atoms with E-state index in [1.807, 2.05) is 0 Å². The van der Waals surface area contributed by atoms with E-state index in [-0.39, 0.29) is 17.4 Å². The van der Waals surface area contributed by atoms with Crippen molar-refractivity contribution in [3.8, 4) is 0 Å². The first-order valence-electron chi connectivity index (χ1n) is 7.01. The molecule has 1 saturated carbocycles. The van der Waals surface area contributed by atoms with Crippen LogP contribution in [0.4, 0.5) is 11.4 Å². The molecule has 0 spiro atoms. The molecule has 5 nitrogen and oxygen atoms in total. The molecule has 1 amide bonds. The fourth-order valence-corrected chi connectivity index (χ4v) is 2.62. The number of carbonyl (C=O) groups excluding carboxylic acids is 1. The highest BCUT2D eigenvalue weighted by Gasteiger charge is 2.21. The molecule has 0 saturated heterocycles. The van der Waals surface area contributed by atoms with E-state index in [0.717, 1.165) is 25.7 Å². The highest BCUT2D eigenvalue weighted by molar-refractivity contribution is 6.01. The Morgan fingerprint density at radius 2 is 1.80 bits per heavy atom. The second-order valence-corrected chi connectivity index (χ2v) is 5.29. The molecule has 0 aromatic heterocycles. The van der Waals surface area contributed by atoms with Crippen LogP contribution in [0, 0.1) is 5.92 Å². The lowest BCUT2D eigenvalue weighted by molar-refractivity contribution is -0.120. The molecule has 108 valence electrons. The largest absolute Gasteiger partial charge is 0.478 e. The number of carboxylic acid groups (broad SMARTS) is 1. The number of rotatable bonds is 3. The third-order valence-electron chi connectivity index (χ3n) is 3.76. The summed E-state index contributed by atoms with van der Waals surface area (Å²) >= 11 is 0. The standard InChI is InChI=1S/C15H20N2O3/c16-11-7-8-13(12(9-11)15(19)20)17-14(18)10-5-3-1-2-4-6-10/h7-10H,1-6,16H2,(H,17,18)(H,19,20). The number of carboxylic acids is 1. The van der Waals surface area contributed by atoms with E-state index >= 15 is 0 Å². The first kappa shape index (κ1) is 14.4. The van der Waals surface area contributed by atoms with Crippen molar-refractivity contribution in [2.24, 2.45) is 5.92 Å². The van der Waals surface area contributed by atoms with Crippen LogP contribution in [-0.2, 0) is 4.79 Å². The molecule has 0 bridgehead atoms. The van der Waals surface area contributed by atoms with Crippen molar-refractivity contribution in [3.05, 3.63) is 23.8 Å². The minimum absolute atomic E-state index is 0.0169. The molecule has 1 aromatic rings. The first-order chi connectivity index (χ1) is 9.58. The molecular weight excluding hydrogens is 256 g/mol. The summed E-state index contributed by atoms with van der Waals surface area (Å²) in [5.41, 5.74) is 6.31. The van der Waals surface area contributed by atoms with Gasteiger partial charge in [0.1, 0.15) is 0 Å². The number of hydrogen-bond acceptors (Lipinski definition) is 3. The van der Waals surface area contributed by atoms with Gasteiger partial charge in [-0.2, -0.15) is 0 Å². The van der Waals surface area contributed by atoms with Crippen LogP contribution in [-0.4, -0.2) is 17.0 Å². The van der Waals surface area contributed by atoms with Crippen molar-refractivity contribution >= 4 is 23.3 Å². The van der Waals surface area contributed by atoms with Crippen molar-refractivity contribution in [2.45, 2.75) is 38.5 Å². The average molecular weight is 276 g/mol. The first-order valence-corrected chi connectivity index (χ1v) is 7.01. The normalized spacial score (nSPS) is 16.4. The Hall–Kier alpha value is -2.04. The van der Waals surface area contributed by atoms with Gasteiger partial charge in [0.05, 0.1) is 11.3 Å². The second kappa shape index (κ2) is 6.41. The second-order valence-electron chi connectivity index (χ2n) is 5.29. The van der Waals surface area contributed by atoms with Gasteiger partial charge in [-0.3, -0.25) is 4.79 Å². The molecule has 0 aliphatic heterocycles. The SMILES string of the molecule is Nc1ccc(NC(=O)C2CCCCCC2)c(C(=O)O)c1. The Kier molecular flexibility index (Phi) is 4.61. The number of benzene rings is 1. The molecule has 0 radical (unpaired) electrons. The van der Waals surface area contributed by atoms with Crippen molar-refractivity contribution in [1.82, 2.24) is 0 Å². The molecule has 5 heteroatoms. The Morgan fingerprint density at radius 3 is 2.40 bits per heavy atom. The number of nitrogens with two attached hydrogens (primary N) is 1. The summed E-state index contributed by atoms with van der Waals surface area (Å²) in [5.74, 6) is -1.19. The average Bonchev–Trinajstić information content (AvgIpc) is 2.69. The van der Waals surface area contributed by atoms with Crippen LogP contribution >= 0.6 is 0 Å². The van der Waals surface area contributed by atoms with E-state index in [0.29, 0.717) is 11.4 Å². The number of hydrogen-bond donors (Lipinski definition) is 3. The van der Waals surface area contributed by atoms with Gasteiger partial charge in [-0.25, -0.2) is 4.79 Å². The fraction of sp³-hybridized carbons (Fsp3) is 0.467. The zero-order chi connectivity index (χ0) is 14.5. The lowest BCUT2D eigenvalue weighted by Gasteiger charge is -2.15. The Labute approximate surface area is 118 Å². The number of amides is 1. The summed E-state index contributed by atoms with van der Waals surface area (Å²) in [6.07, 6.45) is 6.22. The van der Waals surface area contributed by atoms with E-state index < -0.39 is 5.97 Å². The minimum atomic E-state index is -1.09. The van der Waals surface area contributed by atoms with Gasteiger partial charge in [0.25, 0.3) is 0 Å². The molecule has 1 aliphatic rings. The Balaban J connectivity index is 2.12. The van der Waals surface area contributed by atoms with E-state index in [1.54, 1.807) is 12.1 Å². The summed E-state index contributed by atoms with van der Waals surface area (Å²) in [4.78, 5) is 23.4. The third kappa shape index (κ3) is 3.50. The number of carbonyl (C=O) groups is 2. The third-order valence-corrected chi connectivity index (χ3v) is 3.76. The van der Waals surface area contributed by atoms with E-state index in [2.05, 4.69) is 5.32 Å². The molecule has 2 rings (SSSR count). The van der Waals surface area contributed by atoms with Crippen molar-refractivity contribution < 1.29 is 14.7 Å². The quantitative estimate of drug-likeness (QED) is 0.584. The van der Waals surface area contributed by atoms with Crippen molar-refractivity contribution in [1.29, 1.82) is 0 Å². The maximum Gasteiger partial charge on any atom is 0.337 e. The van der Waals surface area contributed by atoms with Crippen molar-refractivity contribution in [2.75, 3.05) is 11.1 Å². The predicted octanol–water partition coefficient (Wildman–Crippen LogP) is 2.88. The van der Waals surface area contributed by atoms with E-state index in [1.165, 1.54) is 18.9 Å². The smallest absolute Gasteiger partial charge is 0.337 e. The molecule has 4 N–H and O–H groups in total. The summed E-state index contributed by atoms with van der Waals surface area (Å²) < 4.78 is 0. The zero-order valence-electron chi connectivity index (χ0n) is 11.4. The Bertz CT molecular complexity index is 506. The number of aromatic carboxylic acids is 1. The maximum atomic E-state index is 12.2. The van der Waals surface area contributed by atoms with Gasteiger partial charge in [-0.15, -0.1) is 0 Å². The van der Waals surface area contributed by atoms with Crippen molar-refractivity contribution in [3.63, 3.8) is 0 Å². The minimum Gasteiger partial charge on any atom is -0.478 e. The lowest BCUT2D eigenvalue weighted by atomic mass is 9.99. The van der Waals surface area contributed by atoms with Gasteiger partial charge in [-0.05, 0) is 31.0 Å². The number of anilines is 2. The monoisotopic (exact) mass is 276 g/mol. The van der Waals surface area contributed by atoms with Gasteiger partial charge in [0, 0.05) is 11.6 Å². The molecule has 0 atom stereocenters. The van der Waals surface area contributed by atoms with Gasteiger partial charge < -0.3 is 16.2 Å². The molecular formula is C15H20N2O3. The molecule has 1 aliphatic carbocycles. The van der Waals surface area contributed by atoms with Gasteiger partial charge in [0.15, 0.2) is 0 Å². The summed E-state index contributed by atoms with van der Waals surface area (Å²) in [6.45, 7) is 0. The summed E-state index contributed by atoms with van der Waals surface area (Å²) in [5, 5.41) is 11.9. The highest BCUT2D eigenvalue weighted by Crippen LogP contribution is 2.25. The van der Waals surface area contributed by atoms with E-state index in [9.17, 15) is 9.59 Å². The van der Waals surface area contributed by atoms with E-state index in [4.69, 9.17) is 10.8 Å². The number of nitrogens with one attached hydrogen (secondary N) is 1. The van der Waals surface area contributed by atoms with Crippen LogP contribution in [0.2, 0.25) is 0 Å². The number of nitrogen functional groups attached to an aromatic ring is 1. The Morgan fingerprint density at radius 1 is 1.15 bits per heavy atom. The van der Waals surface area contributed by atoms with Gasteiger partial charge in [0.2, 0.25) is 5.91 Å².